The fraction of sp³-hybridized carbons (Fsp3) is 0.733. The number of imidazole rings is 1. The minimum atomic E-state index is 0.0678. The topological polar surface area (TPSA) is 58.2 Å². The quantitative estimate of drug-likeness (QED) is 0.902. The van der Waals surface area contributed by atoms with Gasteiger partial charge in [0.15, 0.2) is 0 Å². The van der Waals surface area contributed by atoms with Gasteiger partial charge in [-0.05, 0) is 19.8 Å². The van der Waals surface area contributed by atoms with Crippen LogP contribution in [0.15, 0.2) is 0 Å². The smallest absolute Gasteiger partial charge is 0.274 e. The van der Waals surface area contributed by atoms with Crippen molar-refractivity contribution in [2.45, 2.75) is 44.9 Å². The van der Waals surface area contributed by atoms with Crippen molar-refractivity contribution in [2.75, 3.05) is 26.3 Å². The van der Waals surface area contributed by atoms with Crippen LogP contribution < -0.4 is 0 Å². The van der Waals surface area contributed by atoms with E-state index in [-0.39, 0.29) is 5.91 Å². The van der Waals surface area contributed by atoms with Crippen molar-refractivity contribution in [2.24, 2.45) is 0 Å². The number of aromatic amines is 1. The molecule has 0 radical (unpaired) electrons. The maximum atomic E-state index is 12.7. The number of amides is 1. The van der Waals surface area contributed by atoms with Crippen molar-refractivity contribution in [3.05, 3.63) is 17.2 Å². The summed E-state index contributed by atoms with van der Waals surface area (Å²) in [6.07, 6.45) is 6.17. The predicted octanol–water partition coefficient (Wildman–Crippen LogP) is 2.24. The number of hydrogen-bond acceptors (Lipinski definition) is 3. The van der Waals surface area contributed by atoms with E-state index in [9.17, 15) is 4.79 Å². The molecular formula is C15H23N3O2. The van der Waals surface area contributed by atoms with E-state index >= 15 is 0 Å². The summed E-state index contributed by atoms with van der Waals surface area (Å²) in [6, 6.07) is 0. The highest BCUT2D eigenvalue weighted by atomic mass is 16.5. The Bertz CT molecular complexity index is 471. The average Bonchev–Trinajstić information content (AvgIpc) is 2.90. The van der Waals surface area contributed by atoms with Crippen LogP contribution in [0.5, 0.6) is 0 Å². The van der Waals surface area contributed by atoms with Crippen molar-refractivity contribution in [1.82, 2.24) is 14.9 Å². The molecule has 0 unspecified atom stereocenters. The van der Waals surface area contributed by atoms with Crippen LogP contribution in [0.4, 0.5) is 0 Å². The van der Waals surface area contributed by atoms with Crippen LogP contribution in [0.2, 0.25) is 0 Å². The minimum absolute atomic E-state index is 0.0678. The highest BCUT2D eigenvalue weighted by molar-refractivity contribution is 5.93. The van der Waals surface area contributed by atoms with Gasteiger partial charge in [-0.25, -0.2) is 4.98 Å². The number of H-pyrrole nitrogens is 1. The largest absolute Gasteiger partial charge is 0.378 e. The molecule has 0 aromatic carbocycles. The predicted molar refractivity (Wildman–Crippen MR) is 75.9 cm³/mol. The number of aromatic nitrogens is 2. The highest BCUT2D eigenvalue weighted by Crippen LogP contribution is 2.33. The van der Waals surface area contributed by atoms with Gasteiger partial charge in [-0.3, -0.25) is 4.79 Å². The first kappa shape index (κ1) is 13.6. The molecule has 0 atom stereocenters. The van der Waals surface area contributed by atoms with Crippen molar-refractivity contribution in [3.8, 4) is 0 Å². The van der Waals surface area contributed by atoms with Gasteiger partial charge in [0.05, 0.1) is 18.9 Å². The van der Waals surface area contributed by atoms with E-state index in [2.05, 4.69) is 9.97 Å². The van der Waals surface area contributed by atoms with Crippen LogP contribution in [0.3, 0.4) is 0 Å². The zero-order valence-corrected chi connectivity index (χ0v) is 12.2. The van der Waals surface area contributed by atoms with Gasteiger partial charge in [0.1, 0.15) is 11.5 Å². The molecule has 1 aliphatic heterocycles. The summed E-state index contributed by atoms with van der Waals surface area (Å²) in [6.45, 7) is 4.55. The zero-order valence-electron chi connectivity index (χ0n) is 12.2. The van der Waals surface area contributed by atoms with E-state index in [1.807, 2.05) is 11.8 Å². The summed E-state index contributed by atoms with van der Waals surface area (Å²) < 4.78 is 5.32. The first-order valence-corrected chi connectivity index (χ1v) is 7.69. The molecule has 3 rings (SSSR count). The number of morpholine rings is 1. The van der Waals surface area contributed by atoms with Crippen molar-refractivity contribution in [1.29, 1.82) is 0 Å². The molecule has 1 aromatic heterocycles. The van der Waals surface area contributed by atoms with Gasteiger partial charge in [-0.15, -0.1) is 0 Å². The maximum Gasteiger partial charge on any atom is 0.274 e. The number of rotatable bonds is 2. The molecule has 2 heterocycles. The lowest BCUT2D eigenvalue weighted by molar-refractivity contribution is 0.0298. The lowest BCUT2D eigenvalue weighted by Gasteiger charge is -2.27. The van der Waals surface area contributed by atoms with E-state index in [1.54, 1.807) is 0 Å². The Labute approximate surface area is 119 Å². The first-order chi connectivity index (χ1) is 9.75. The summed E-state index contributed by atoms with van der Waals surface area (Å²) in [5.74, 6) is 1.39. The Morgan fingerprint density at radius 3 is 2.65 bits per heavy atom. The number of aryl methyl sites for hydroxylation is 1. The SMILES string of the molecule is Cc1nc(C(=O)N2CCOCC2)c(C2CCCCC2)[nH]1. The van der Waals surface area contributed by atoms with E-state index in [1.165, 1.54) is 32.1 Å². The summed E-state index contributed by atoms with van der Waals surface area (Å²) >= 11 is 0. The van der Waals surface area contributed by atoms with Gasteiger partial charge < -0.3 is 14.6 Å². The van der Waals surface area contributed by atoms with Crippen LogP contribution in [-0.2, 0) is 4.74 Å². The first-order valence-electron chi connectivity index (χ1n) is 7.69. The summed E-state index contributed by atoms with van der Waals surface area (Å²) in [7, 11) is 0. The molecule has 110 valence electrons. The molecule has 1 aliphatic carbocycles. The van der Waals surface area contributed by atoms with Gasteiger partial charge >= 0.3 is 0 Å². The van der Waals surface area contributed by atoms with Gasteiger partial charge in [0.2, 0.25) is 0 Å². The molecule has 5 heteroatoms. The Hall–Kier alpha value is -1.36. The van der Waals surface area contributed by atoms with Gasteiger partial charge in [0.25, 0.3) is 5.91 Å². The van der Waals surface area contributed by atoms with Gasteiger partial charge in [-0.1, -0.05) is 19.3 Å². The van der Waals surface area contributed by atoms with Crippen LogP contribution in [0.25, 0.3) is 0 Å². The molecule has 2 fully saturated rings. The molecule has 20 heavy (non-hydrogen) atoms. The van der Waals surface area contributed by atoms with Crippen molar-refractivity contribution < 1.29 is 9.53 Å². The number of nitrogens with one attached hydrogen (secondary N) is 1. The second-order valence-electron chi connectivity index (χ2n) is 5.82. The molecule has 5 nitrogen and oxygen atoms in total. The molecule has 1 amide bonds. The van der Waals surface area contributed by atoms with Gasteiger partial charge in [0, 0.05) is 19.0 Å². The summed E-state index contributed by atoms with van der Waals surface area (Å²) in [5, 5.41) is 0. The summed E-state index contributed by atoms with van der Waals surface area (Å²) in [5.41, 5.74) is 1.72. The van der Waals surface area contributed by atoms with Crippen molar-refractivity contribution >= 4 is 5.91 Å². The standard InChI is InChI=1S/C15H23N3O2/c1-11-16-13(12-5-3-2-4-6-12)14(17-11)15(19)18-7-9-20-10-8-18/h12H,2-10H2,1H3,(H,16,17). The molecule has 0 bridgehead atoms. The third-order valence-corrected chi connectivity index (χ3v) is 4.36. The molecule has 1 saturated carbocycles. The third-order valence-electron chi connectivity index (χ3n) is 4.36. The highest BCUT2D eigenvalue weighted by Gasteiger charge is 2.28. The fourth-order valence-corrected chi connectivity index (χ4v) is 3.28. The molecule has 1 N–H and O–H groups in total. The normalized spacial score (nSPS) is 21.1. The molecule has 1 aromatic rings. The number of ether oxygens (including phenoxy) is 1. The van der Waals surface area contributed by atoms with E-state index < -0.39 is 0 Å². The Balaban J connectivity index is 1.82. The van der Waals surface area contributed by atoms with Gasteiger partial charge in [-0.2, -0.15) is 0 Å². The van der Waals surface area contributed by atoms with Crippen LogP contribution in [0.1, 0.15) is 60.0 Å². The molecule has 1 saturated heterocycles. The second-order valence-corrected chi connectivity index (χ2v) is 5.82. The summed E-state index contributed by atoms with van der Waals surface area (Å²) in [4.78, 5) is 22.3. The van der Waals surface area contributed by atoms with E-state index in [0.717, 1.165) is 11.5 Å². The van der Waals surface area contributed by atoms with E-state index in [0.29, 0.717) is 37.9 Å². The number of carbonyl (C=O) groups is 1. The monoisotopic (exact) mass is 277 g/mol. The van der Waals surface area contributed by atoms with Crippen LogP contribution in [0, 0.1) is 6.92 Å². The van der Waals surface area contributed by atoms with Crippen molar-refractivity contribution in [3.63, 3.8) is 0 Å². The average molecular weight is 277 g/mol. The second kappa shape index (κ2) is 5.95. The lowest BCUT2D eigenvalue weighted by Crippen LogP contribution is -2.41. The Kier molecular flexibility index (Phi) is 4.05. The Morgan fingerprint density at radius 2 is 1.95 bits per heavy atom. The third kappa shape index (κ3) is 2.73. The molecular weight excluding hydrogens is 254 g/mol. The molecule has 0 spiro atoms. The molecule has 2 aliphatic rings. The van der Waals surface area contributed by atoms with Crippen LogP contribution >= 0.6 is 0 Å². The maximum absolute atomic E-state index is 12.7. The van der Waals surface area contributed by atoms with E-state index in [4.69, 9.17) is 4.74 Å². The zero-order chi connectivity index (χ0) is 13.9. The van der Waals surface area contributed by atoms with Crippen LogP contribution in [-0.4, -0.2) is 47.1 Å². The minimum Gasteiger partial charge on any atom is -0.378 e. The number of nitrogens with zero attached hydrogens (tertiary/aromatic N) is 2. The fourth-order valence-electron chi connectivity index (χ4n) is 3.28. The number of carbonyl (C=O) groups excluding carboxylic acids is 1. The lowest BCUT2D eigenvalue weighted by atomic mass is 9.86. The Morgan fingerprint density at radius 1 is 1.25 bits per heavy atom. The number of hydrogen-bond donors (Lipinski definition) is 1.